The molecular weight excluding hydrogens is 484 g/mol. The third-order valence-corrected chi connectivity index (χ3v) is 11.2. The Kier molecular flexibility index (Phi) is 7.67. The highest BCUT2D eigenvalue weighted by molar-refractivity contribution is 5.88. The molecule has 0 aromatic carbocycles. The van der Waals surface area contributed by atoms with Crippen LogP contribution in [0.2, 0.25) is 0 Å². The second-order valence-corrected chi connectivity index (χ2v) is 13.4. The minimum absolute atomic E-state index is 0.0902. The van der Waals surface area contributed by atoms with Gasteiger partial charge in [0.25, 0.3) is 0 Å². The molecule has 1 saturated heterocycles. The number of cyclic esters (lactones) is 1. The predicted molar refractivity (Wildman–Crippen MR) is 143 cm³/mol. The number of esters is 2. The van der Waals surface area contributed by atoms with Crippen molar-refractivity contribution in [2.75, 3.05) is 6.61 Å². The monoisotopic (exact) mass is 530 g/mol. The zero-order valence-electron chi connectivity index (χ0n) is 24.1. The number of carbonyl (C=O) groups excluding carboxylic acids is 2. The van der Waals surface area contributed by atoms with E-state index in [0.717, 1.165) is 24.8 Å². The number of carboxylic acids is 1. The number of hydrogen-bond acceptors (Lipinski definition) is 6. The molecule has 4 fully saturated rings. The Hall–Kier alpha value is -2.15. The first-order valence-electron chi connectivity index (χ1n) is 14.3. The Morgan fingerprint density at radius 1 is 1.11 bits per heavy atom. The van der Waals surface area contributed by atoms with Crippen molar-refractivity contribution in [3.63, 3.8) is 0 Å². The number of aliphatic hydroxyl groups is 1. The summed E-state index contributed by atoms with van der Waals surface area (Å²) in [4.78, 5) is 38.8. The van der Waals surface area contributed by atoms with Crippen molar-refractivity contribution in [2.24, 2.45) is 39.9 Å². The topological polar surface area (TPSA) is 110 Å². The molecule has 0 aromatic rings. The van der Waals surface area contributed by atoms with Gasteiger partial charge in [0.2, 0.25) is 0 Å². The summed E-state index contributed by atoms with van der Waals surface area (Å²) in [6.07, 6.45) is 5.42. The van der Waals surface area contributed by atoms with Crippen LogP contribution in [0.4, 0.5) is 0 Å². The average Bonchev–Trinajstić information content (AvgIpc) is 3.04. The van der Waals surface area contributed by atoms with Crippen LogP contribution in [0.15, 0.2) is 22.8 Å². The summed E-state index contributed by atoms with van der Waals surface area (Å²) in [6.45, 7) is 14.1. The second-order valence-electron chi connectivity index (χ2n) is 13.4. The van der Waals surface area contributed by atoms with E-state index in [1.54, 1.807) is 0 Å². The summed E-state index contributed by atoms with van der Waals surface area (Å²) in [7, 11) is 0. The number of hydrogen-bond donors (Lipinski definition) is 2. The number of allylic oxidation sites excluding steroid dienone is 2. The second kappa shape index (κ2) is 10.1. The number of carboxylic acid groups (broad SMARTS) is 1. The first-order chi connectivity index (χ1) is 17.7. The Labute approximate surface area is 227 Å². The summed E-state index contributed by atoms with van der Waals surface area (Å²) in [5.74, 6) is -2.08. The van der Waals surface area contributed by atoms with Crippen molar-refractivity contribution in [3.8, 4) is 0 Å². The van der Waals surface area contributed by atoms with Gasteiger partial charge in [-0.3, -0.25) is 9.59 Å². The fourth-order valence-corrected chi connectivity index (χ4v) is 9.15. The highest BCUT2D eigenvalue weighted by atomic mass is 16.5. The van der Waals surface area contributed by atoms with Gasteiger partial charge in [-0.05, 0) is 92.4 Å². The molecular formula is C31H46O7. The molecule has 0 aromatic heterocycles. The highest BCUT2D eigenvalue weighted by Gasteiger charge is 2.70. The maximum Gasteiger partial charge on any atom is 0.331 e. The number of carbonyl (C=O) groups is 3. The zero-order valence-corrected chi connectivity index (χ0v) is 24.1. The molecule has 38 heavy (non-hydrogen) atoms. The number of ether oxygens (including phenoxy) is 2. The Morgan fingerprint density at radius 3 is 2.39 bits per heavy atom. The Morgan fingerprint density at radius 2 is 1.79 bits per heavy atom. The van der Waals surface area contributed by atoms with Crippen molar-refractivity contribution < 1.29 is 34.1 Å². The van der Waals surface area contributed by atoms with Crippen LogP contribution in [0.1, 0.15) is 93.4 Å². The van der Waals surface area contributed by atoms with E-state index in [2.05, 4.69) is 27.7 Å². The summed E-state index contributed by atoms with van der Waals surface area (Å²) in [5, 5.41) is 21.0. The van der Waals surface area contributed by atoms with Crippen molar-refractivity contribution in [1.29, 1.82) is 0 Å². The standard InChI is InChI=1S/C31H46O7/c1-17(2)9-8-10-20(27(34)35)25-22-16-37-28(36)26-29(5)13-12-23(33)18(3)21(29)11-14-30(26,6)31(22,7)15-24(25)38-19(4)32/h9,18,21-24,26,33H,8,10-16H2,1-7H3,(H,34,35)/b25-20-/t18-,21+,22-,23-,24-,26-,29-,30-,31-/m0/s1. The Bertz CT molecular complexity index is 1050. The molecule has 0 bridgehead atoms. The third-order valence-electron chi connectivity index (χ3n) is 11.2. The van der Waals surface area contributed by atoms with E-state index >= 15 is 0 Å². The molecule has 4 aliphatic rings. The van der Waals surface area contributed by atoms with Gasteiger partial charge in [0, 0.05) is 18.4 Å². The van der Waals surface area contributed by atoms with Crippen LogP contribution >= 0.6 is 0 Å². The molecule has 1 heterocycles. The maximum absolute atomic E-state index is 13.9. The van der Waals surface area contributed by atoms with Crippen molar-refractivity contribution in [2.45, 2.75) is 106 Å². The van der Waals surface area contributed by atoms with Gasteiger partial charge in [-0.2, -0.15) is 0 Å². The van der Waals surface area contributed by atoms with Crippen LogP contribution in [0.3, 0.4) is 0 Å². The van der Waals surface area contributed by atoms with Gasteiger partial charge >= 0.3 is 17.9 Å². The summed E-state index contributed by atoms with van der Waals surface area (Å²) in [5.41, 5.74) is 0.680. The minimum Gasteiger partial charge on any atom is -0.478 e. The van der Waals surface area contributed by atoms with Crippen molar-refractivity contribution >= 4 is 17.9 Å². The first kappa shape index (κ1) is 28.8. The van der Waals surface area contributed by atoms with E-state index in [-0.39, 0.29) is 53.3 Å². The van der Waals surface area contributed by atoms with Gasteiger partial charge in [-0.15, -0.1) is 0 Å². The Balaban J connectivity index is 1.86. The maximum atomic E-state index is 13.9. The quantitative estimate of drug-likeness (QED) is 0.276. The molecule has 7 heteroatoms. The lowest BCUT2D eigenvalue weighted by Crippen LogP contribution is -2.61. The first-order valence-corrected chi connectivity index (χ1v) is 14.3. The largest absolute Gasteiger partial charge is 0.478 e. The lowest BCUT2D eigenvalue weighted by molar-refractivity contribution is -0.191. The van der Waals surface area contributed by atoms with Crippen LogP contribution in [0, 0.1) is 39.9 Å². The predicted octanol–water partition coefficient (Wildman–Crippen LogP) is 5.46. The van der Waals surface area contributed by atoms with Crippen LogP contribution in [0.25, 0.3) is 0 Å². The summed E-state index contributed by atoms with van der Waals surface area (Å²) in [6, 6.07) is 0. The fourth-order valence-electron chi connectivity index (χ4n) is 9.15. The molecule has 2 N–H and O–H groups in total. The van der Waals surface area contributed by atoms with E-state index in [0.29, 0.717) is 31.3 Å². The van der Waals surface area contributed by atoms with Crippen molar-refractivity contribution in [1.82, 2.24) is 0 Å². The summed E-state index contributed by atoms with van der Waals surface area (Å²) < 4.78 is 11.9. The van der Waals surface area contributed by atoms with E-state index in [9.17, 15) is 24.6 Å². The molecule has 1 aliphatic heterocycles. The smallest absolute Gasteiger partial charge is 0.331 e. The zero-order chi connectivity index (χ0) is 28.2. The molecule has 0 unspecified atom stereocenters. The number of fused-ring (bicyclic) bond motifs is 5. The molecule has 3 saturated carbocycles. The van der Waals surface area contributed by atoms with Crippen molar-refractivity contribution in [3.05, 3.63) is 22.8 Å². The molecule has 4 rings (SSSR count). The number of aliphatic hydroxyl groups excluding tert-OH is 1. The molecule has 0 amide bonds. The van der Waals surface area contributed by atoms with Gasteiger partial charge in [0.15, 0.2) is 0 Å². The number of rotatable bonds is 5. The van der Waals surface area contributed by atoms with Gasteiger partial charge in [-0.25, -0.2) is 4.79 Å². The molecule has 212 valence electrons. The van der Waals surface area contributed by atoms with Crippen LogP contribution in [-0.4, -0.2) is 46.9 Å². The average molecular weight is 531 g/mol. The normalized spacial score (nSPS) is 43.5. The van der Waals surface area contributed by atoms with Gasteiger partial charge in [0.1, 0.15) is 6.10 Å². The van der Waals surface area contributed by atoms with E-state index < -0.39 is 28.9 Å². The summed E-state index contributed by atoms with van der Waals surface area (Å²) >= 11 is 0. The minimum atomic E-state index is -1.01. The SMILES string of the molecule is CC(=O)O[C@H]1C[C@@]2(C)[C@@H](COC(=O)[C@H]3[C@@]4(C)CC[C@H](O)[C@@H](C)[C@H]4CC[C@@]32C)/C1=C(\CCC=C(C)C)C(=O)O. The van der Waals surface area contributed by atoms with E-state index in [1.807, 2.05) is 19.9 Å². The van der Waals surface area contributed by atoms with E-state index in [1.165, 1.54) is 6.92 Å². The molecule has 0 spiro atoms. The van der Waals surface area contributed by atoms with E-state index in [4.69, 9.17) is 9.47 Å². The molecule has 9 atom stereocenters. The van der Waals surface area contributed by atoms with Gasteiger partial charge < -0.3 is 19.7 Å². The van der Waals surface area contributed by atoms with Crippen LogP contribution < -0.4 is 0 Å². The third kappa shape index (κ3) is 4.43. The van der Waals surface area contributed by atoms with Crippen LogP contribution in [0.5, 0.6) is 0 Å². The lowest BCUT2D eigenvalue weighted by atomic mass is 9.40. The highest BCUT2D eigenvalue weighted by Crippen LogP contribution is 2.71. The lowest BCUT2D eigenvalue weighted by Gasteiger charge is -2.62. The fraction of sp³-hybridized carbons (Fsp3) is 0.774. The van der Waals surface area contributed by atoms with Crippen LogP contribution in [-0.2, 0) is 23.9 Å². The van der Waals surface area contributed by atoms with Gasteiger partial charge in [0.05, 0.1) is 18.6 Å². The molecule has 3 aliphatic carbocycles. The number of aliphatic carboxylic acids is 1. The molecule has 0 radical (unpaired) electrons. The van der Waals surface area contributed by atoms with Gasteiger partial charge in [-0.1, -0.05) is 39.3 Å². The molecule has 7 nitrogen and oxygen atoms in total.